The van der Waals surface area contributed by atoms with Gasteiger partial charge in [0.15, 0.2) is 0 Å². The molecule has 0 aromatic heterocycles. The molecule has 2 aromatic rings. The summed E-state index contributed by atoms with van der Waals surface area (Å²) in [4.78, 5) is 24.4. The number of carbonyl (C=O) groups is 2. The summed E-state index contributed by atoms with van der Waals surface area (Å²) in [5.41, 5.74) is 4.32. The van der Waals surface area contributed by atoms with Crippen molar-refractivity contribution in [3.8, 4) is 11.5 Å². The van der Waals surface area contributed by atoms with Crippen molar-refractivity contribution in [2.75, 3.05) is 13.2 Å². The van der Waals surface area contributed by atoms with Crippen LogP contribution < -0.4 is 9.47 Å². The molecule has 0 spiro atoms. The van der Waals surface area contributed by atoms with E-state index in [2.05, 4.69) is 45.2 Å². The fourth-order valence-electron chi connectivity index (χ4n) is 5.93. The maximum Gasteiger partial charge on any atom is 0.333 e. The van der Waals surface area contributed by atoms with Crippen molar-refractivity contribution in [1.29, 1.82) is 0 Å². The van der Waals surface area contributed by atoms with Crippen LogP contribution >= 0.6 is 0 Å². The van der Waals surface area contributed by atoms with Gasteiger partial charge in [0.1, 0.15) is 36.9 Å². The molecule has 2 aromatic carbocycles. The van der Waals surface area contributed by atoms with Crippen LogP contribution in [-0.4, -0.2) is 37.4 Å². The number of hydrogen-bond donors (Lipinski definition) is 0. The number of ether oxygens (including phenoxy) is 4. The second-order valence-corrected chi connectivity index (χ2v) is 11.2. The van der Waals surface area contributed by atoms with Gasteiger partial charge in [-0.1, -0.05) is 51.6 Å². The van der Waals surface area contributed by atoms with Crippen LogP contribution in [0.5, 0.6) is 11.5 Å². The number of rotatable bonds is 12. The molecule has 210 valence electrons. The largest absolute Gasteiger partial charge is 0.489 e. The second-order valence-electron chi connectivity index (χ2n) is 11.2. The second kappa shape index (κ2) is 11.8. The smallest absolute Gasteiger partial charge is 0.333 e. The van der Waals surface area contributed by atoms with Gasteiger partial charge < -0.3 is 18.9 Å². The first-order valence-electron chi connectivity index (χ1n) is 14.2. The minimum atomic E-state index is -0.398. The molecule has 0 saturated heterocycles. The maximum absolute atomic E-state index is 12.2. The lowest BCUT2D eigenvalue weighted by Gasteiger charge is -2.27. The van der Waals surface area contributed by atoms with Crippen molar-refractivity contribution in [2.45, 2.75) is 91.3 Å². The van der Waals surface area contributed by atoms with E-state index in [0.717, 1.165) is 40.7 Å². The van der Waals surface area contributed by atoms with Crippen LogP contribution in [0.25, 0.3) is 10.8 Å². The number of carbonyl (C=O) groups excluding carboxylic acids is 2. The molecule has 2 aliphatic rings. The van der Waals surface area contributed by atoms with E-state index < -0.39 is 11.9 Å². The molecular formula is C33H42O6. The predicted octanol–water partition coefficient (Wildman–Crippen LogP) is 7.31. The van der Waals surface area contributed by atoms with Gasteiger partial charge in [0.2, 0.25) is 0 Å². The summed E-state index contributed by atoms with van der Waals surface area (Å²) in [6.07, 6.45) is 2.77. The molecule has 4 rings (SSSR count). The van der Waals surface area contributed by atoms with Crippen LogP contribution in [0.1, 0.15) is 88.8 Å². The van der Waals surface area contributed by atoms with Crippen LogP contribution in [0.2, 0.25) is 0 Å². The van der Waals surface area contributed by atoms with Gasteiger partial charge in [-0.2, -0.15) is 0 Å². The molecule has 0 radical (unpaired) electrons. The van der Waals surface area contributed by atoms with E-state index in [0.29, 0.717) is 41.7 Å². The zero-order valence-corrected chi connectivity index (χ0v) is 24.2. The number of hydrogen-bond acceptors (Lipinski definition) is 6. The van der Waals surface area contributed by atoms with E-state index in [9.17, 15) is 9.59 Å². The Hall–Kier alpha value is -3.28. The summed E-state index contributed by atoms with van der Waals surface area (Å²) in [5.74, 6) is 2.20. The molecule has 2 bridgehead atoms. The lowest BCUT2D eigenvalue weighted by molar-refractivity contribution is -0.146. The molecule has 1 saturated carbocycles. The third kappa shape index (κ3) is 5.70. The average Bonchev–Trinajstić information content (AvgIpc) is 3.40. The van der Waals surface area contributed by atoms with Crippen molar-refractivity contribution in [1.82, 2.24) is 0 Å². The van der Waals surface area contributed by atoms with Gasteiger partial charge in [0.05, 0.1) is 0 Å². The molecule has 0 amide bonds. The van der Waals surface area contributed by atoms with E-state index in [1.807, 2.05) is 13.8 Å². The summed E-state index contributed by atoms with van der Waals surface area (Å²) in [6, 6.07) is 6.33. The van der Waals surface area contributed by atoms with Gasteiger partial charge in [-0.25, -0.2) is 9.59 Å². The third-order valence-corrected chi connectivity index (χ3v) is 8.23. The zero-order chi connectivity index (χ0) is 28.4. The Morgan fingerprint density at radius 1 is 0.846 bits per heavy atom. The minimum absolute atomic E-state index is 0.270. The Kier molecular flexibility index (Phi) is 8.73. The molecular weight excluding hydrogens is 492 g/mol. The van der Waals surface area contributed by atoms with Crippen molar-refractivity contribution in [2.24, 2.45) is 5.92 Å². The number of esters is 2. The molecule has 0 heterocycles. The highest BCUT2D eigenvalue weighted by Crippen LogP contribution is 2.63. The summed E-state index contributed by atoms with van der Waals surface area (Å²) < 4.78 is 24.4. The molecule has 6 heteroatoms. The molecule has 2 aliphatic carbocycles. The first-order valence-corrected chi connectivity index (χ1v) is 14.2. The van der Waals surface area contributed by atoms with Gasteiger partial charge in [0.25, 0.3) is 0 Å². The Balaban J connectivity index is 1.74. The van der Waals surface area contributed by atoms with E-state index in [-0.39, 0.29) is 25.4 Å². The first kappa shape index (κ1) is 28.7. The zero-order valence-electron chi connectivity index (χ0n) is 24.2. The van der Waals surface area contributed by atoms with Gasteiger partial charge in [-0.15, -0.1) is 0 Å². The molecule has 0 N–H and O–H groups in total. The van der Waals surface area contributed by atoms with Crippen molar-refractivity contribution < 1.29 is 28.5 Å². The molecule has 1 fully saturated rings. The van der Waals surface area contributed by atoms with Gasteiger partial charge >= 0.3 is 11.9 Å². The van der Waals surface area contributed by atoms with Crippen LogP contribution in [-0.2, 0) is 19.1 Å². The van der Waals surface area contributed by atoms with Gasteiger partial charge in [-0.05, 0) is 70.3 Å². The molecule has 5 unspecified atom stereocenters. The summed E-state index contributed by atoms with van der Waals surface area (Å²) >= 11 is 0. The van der Waals surface area contributed by atoms with Crippen LogP contribution in [0, 0.1) is 12.8 Å². The normalized spacial score (nSPS) is 20.7. The van der Waals surface area contributed by atoms with Crippen LogP contribution in [0.3, 0.4) is 0 Å². The highest BCUT2D eigenvalue weighted by atomic mass is 16.6. The number of fused-ring (bicyclic) bond motifs is 6. The monoisotopic (exact) mass is 534 g/mol. The first-order chi connectivity index (χ1) is 18.6. The lowest BCUT2D eigenvalue weighted by Crippen LogP contribution is -2.26. The topological polar surface area (TPSA) is 71.1 Å². The maximum atomic E-state index is 12.2. The van der Waals surface area contributed by atoms with E-state index in [1.54, 1.807) is 13.8 Å². The van der Waals surface area contributed by atoms with E-state index >= 15 is 0 Å². The average molecular weight is 535 g/mol. The fraction of sp³-hybridized carbons (Fsp3) is 0.515. The molecule has 0 aliphatic heterocycles. The summed E-state index contributed by atoms with van der Waals surface area (Å²) in [5, 5.41) is 1.98. The lowest BCUT2D eigenvalue weighted by atomic mass is 9.86. The van der Waals surface area contributed by atoms with E-state index in [1.165, 1.54) is 11.1 Å². The predicted molar refractivity (Wildman–Crippen MR) is 154 cm³/mol. The van der Waals surface area contributed by atoms with Crippen LogP contribution in [0.4, 0.5) is 0 Å². The standard InChI is InChI=1S/C33H42O6/c1-9-22(38-32(34)18(3)4)16-36-30-26-12-11-20(7)15-27(26)31(29-25-14-13-24(21(25)8)28(29)30)37-17-23(10-2)39-33(35)19(5)6/h11-12,15,21-25H,3,5,9-10,13-14,16-17H2,1-2,4,6-8H3. The van der Waals surface area contributed by atoms with E-state index in [4.69, 9.17) is 18.9 Å². The van der Waals surface area contributed by atoms with Gasteiger partial charge in [0, 0.05) is 33.0 Å². The SMILES string of the molecule is C=C(C)C(=O)OC(CC)COc1c2c(c(OCC(CC)OC(=O)C(=C)C)c3cc(C)ccc13)C1CCC2C1C. The fourth-order valence-corrected chi connectivity index (χ4v) is 5.93. The Morgan fingerprint density at radius 2 is 1.31 bits per heavy atom. The molecule has 6 nitrogen and oxygen atoms in total. The van der Waals surface area contributed by atoms with Crippen molar-refractivity contribution in [3.05, 3.63) is 59.2 Å². The highest BCUT2D eigenvalue weighted by Gasteiger charge is 2.48. The number of benzene rings is 2. The Bertz CT molecular complexity index is 1290. The third-order valence-electron chi connectivity index (χ3n) is 8.23. The molecule has 5 atom stereocenters. The summed E-state index contributed by atoms with van der Waals surface area (Å²) in [7, 11) is 0. The Morgan fingerprint density at radius 3 is 1.74 bits per heavy atom. The quantitative estimate of drug-likeness (QED) is 0.210. The highest BCUT2D eigenvalue weighted by molar-refractivity contribution is 5.97. The minimum Gasteiger partial charge on any atom is -0.489 e. The van der Waals surface area contributed by atoms with Crippen molar-refractivity contribution >= 4 is 22.7 Å². The Labute approximate surface area is 232 Å². The molecule has 39 heavy (non-hydrogen) atoms. The number of aryl methyl sites for hydroxylation is 1. The van der Waals surface area contributed by atoms with Gasteiger partial charge in [-0.3, -0.25) is 0 Å². The van der Waals surface area contributed by atoms with Crippen molar-refractivity contribution in [3.63, 3.8) is 0 Å². The van der Waals surface area contributed by atoms with Crippen LogP contribution in [0.15, 0.2) is 42.5 Å². The summed E-state index contributed by atoms with van der Waals surface area (Å²) in [6.45, 7) is 19.6.